The van der Waals surface area contributed by atoms with Crippen molar-refractivity contribution in [3.8, 4) is 5.75 Å². The Morgan fingerprint density at radius 1 is 1.09 bits per heavy atom. The molecular weight excluding hydrogens is 438 g/mol. The highest BCUT2D eigenvalue weighted by Gasteiger charge is 2.20. The summed E-state index contributed by atoms with van der Waals surface area (Å²) in [6.07, 6.45) is 4.47. The fourth-order valence-electron chi connectivity index (χ4n) is 3.95. The van der Waals surface area contributed by atoms with Crippen molar-refractivity contribution < 1.29 is 17.9 Å². The number of likely N-dealkylation sites (tertiary alicyclic amines) is 1. The van der Waals surface area contributed by atoms with Crippen molar-refractivity contribution in [3.05, 3.63) is 53.6 Å². The zero-order chi connectivity index (χ0) is 23.8. The number of unbranched alkanes of at least 4 members (excludes halogenated alkanes) is 1. The van der Waals surface area contributed by atoms with Crippen molar-refractivity contribution in [2.75, 3.05) is 38.0 Å². The van der Waals surface area contributed by atoms with Crippen molar-refractivity contribution >= 4 is 21.6 Å². The maximum absolute atomic E-state index is 12.9. The Morgan fingerprint density at radius 2 is 1.79 bits per heavy atom. The van der Waals surface area contributed by atoms with Gasteiger partial charge >= 0.3 is 0 Å². The molecule has 3 rings (SSSR count). The summed E-state index contributed by atoms with van der Waals surface area (Å²) in [5.41, 5.74) is 1.33. The molecule has 0 aromatic heterocycles. The third kappa shape index (κ3) is 7.20. The van der Waals surface area contributed by atoms with Crippen molar-refractivity contribution in [3.63, 3.8) is 0 Å². The number of aryl methyl sites for hydroxylation is 1. The molecule has 1 fully saturated rings. The molecule has 8 heteroatoms. The van der Waals surface area contributed by atoms with Gasteiger partial charge in [-0.2, -0.15) is 0 Å². The van der Waals surface area contributed by atoms with Gasteiger partial charge in [-0.25, -0.2) is 8.42 Å². The number of nitrogens with zero attached hydrogens (tertiary/aromatic N) is 1. The molecule has 0 bridgehead atoms. The molecule has 1 saturated heterocycles. The predicted molar refractivity (Wildman–Crippen MR) is 131 cm³/mol. The van der Waals surface area contributed by atoms with Gasteiger partial charge in [0.15, 0.2) is 0 Å². The number of rotatable bonds is 10. The normalized spacial score (nSPS) is 15.2. The average Bonchev–Trinajstić information content (AvgIpc) is 2.80. The van der Waals surface area contributed by atoms with E-state index in [9.17, 15) is 13.2 Å². The number of hydrogen-bond acceptors (Lipinski definition) is 5. The van der Waals surface area contributed by atoms with E-state index in [1.165, 1.54) is 32.0 Å². The fraction of sp³-hybridized carbons (Fsp3) is 0.480. The molecule has 0 spiro atoms. The standard InChI is InChI=1S/C25H35N3O4S/c1-19-12-16-28(17-13-19)15-5-4-14-26-25(29)21-7-6-20(2)24(18-21)33(30,31)27-22-8-10-23(32-3)11-9-22/h6-11,18-19,27H,4-5,12-17H2,1-3H3,(H,26,29). The molecule has 33 heavy (non-hydrogen) atoms. The molecule has 0 atom stereocenters. The number of carbonyl (C=O) groups excluding carboxylic acids is 1. The van der Waals surface area contributed by atoms with Crippen LogP contribution in [0.15, 0.2) is 47.4 Å². The van der Waals surface area contributed by atoms with Gasteiger partial charge in [-0.3, -0.25) is 9.52 Å². The molecule has 0 unspecified atom stereocenters. The minimum absolute atomic E-state index is 0.0882. The van der Waals surface area contributed by atoms with Crippen LogP contribution in [0.4, 0.5) is 5.69 Å². The van der Waals surface area contributed by atoms with Crippen LogP contribution < -0.4 is 14.8 Å². The Labute approximate surface area is 197 Å². The van der Waals surface area contributed by atoms with Crippen LogP contribution in [0, 0.1) is 12.8 Å². The minimum Gasteiger partial charge on any atom is -0.497 e. The lowest BCUT2D eigenvalue weighted by Gasteiger charge is -2.30. The van der Waals surface area contributed by atoms with Gasteiger partial charge in [-0.1, -0.05) is 13.0 Å². The van der Waals surface area contributed by atoms with Crippen LogP contribution >= 0.6 is 0 Å². The maximum Gasteiger partial charge on any atom is 0.262 e. The highest BCUT2D eigenvalue weighted by atomic mass is 32.2. The number of carbonyl (C=O) groups is 1. The molecule has 180 valence electrons. The molecule has 2 aromatic rings. The Hall–Kier alpha value is -2.58. The Kier molecular flexibility index (Phi) is 8.74. The first kappa shape index (κ1) is 25.1. The van der Waals surface area contributed by atoms with E-state index in [0.29, 0.717) is 29.1 Å². The molecule has 2 aromatic carbocycles. The largest absolute Gasteiger partial charge is 0.497 e. The highest BCUT2D eigenvalue weighted by Crippen LogP contribution is 2.22. The van der Waals surface area contributed by atoms with E-state index >= 15 is 0 Å². The Morgan fingerprint density at radius 3 is 2.45 bits per heavy atom. The van der Waals surface area contributed by atoms with Gasteiger partial charge in [-0.15, -0.1) is 0 Å². The van der Waals surface area contributed by atoms with Crippen LogP contribution in [0.3, 0.4) is 0 Å². The summed E-state index contributed by atoms with van der Waals surface area (Å²) in [7, 11) is -2.29. The van der Waals surface area contributed by atoms with E-state index in [1.54, 1.807) is 50.4 Å². The molecule has 1 aliphatic heterocycles. The SMILES string of the molecule is COc1ccc(NS(=O)(=O)c2cc(C(=O)NCCCCN3CCC(C)CC3)ccc2C)cc1. The van der Waals surface area contributed by atoms with Gasteiger partial charge in [0.25, 0.3) is 15.9 Å². The van der Waals surface area contributed by atoms with Gasteiger partial charge < -0.3 is 15.0 Å². The molecular formula is C25H35N3O4S. The molecule has 1 aliphatic rings. The van der Waals surface area contributed by atoms with Crippen molar-refractivity contribution in [2.45, 2.75) is 44.4 Å². The molecule has 0 radical (unpaired) electrons. The topological polar surface area (TPSA) is 87.7 Å². The number of benzene rings is 2. The first-order valence-corrected chi connectivity index (χ1v) is 13.0. The molecule has 0 saturated carbocycles. The van der Waals surface area contributed by atoms with E-state index in [-0.39, 0.29) is 10.8 Å². The highest BCUT2D eigenvalue weighted by molar-refractivity contribution is 7.92. The maximum atomic E-state index is 12.9. The van der Waals surface area contributed by atoms with Gasteiger partial charge in [0.2, 0.25) is 0 Å². The van der Waals surface area contributed by atoms with Crippen LogP contribution in [0.5, 0.6) is 5.75 Å². The lowest BCUT2D eigenvalue weighted by Crippen LogP contribution is -2.34. The second-order valence-corrected chi connectivity index (χ2v) is 10.5. The molecule has 7 nitrogen and oxygen atoms in total. The zero-order valence-electron chi connectivity index (χ0n) is 19.8. The summed E-state index contributed by atoms with van der Waals surface area (Å²) < 4.78 is 33.6. The number of hydrogen-bond donors (Lipinski definition) is 2. The monoisotopic (exact) mass is 473 g/mol. The number of piperidine rings is 1. The lowest BCUT2D eigenvalue weighted by molar-refractivity contribution is 0.0952. The summed E-state index contributed by atoms with van der Waals surface area (Å²) in [5, 5.41) is 2.92. The second-order valence-electron chi connectivity index (χ2n) is 8.80. The van der Waals surface area contributed by atoms with Crippen LogP contribution in [0.25, 0.3) is 0 Å². The number of amides is 1. The number of anilines is 1. The summed E-state index contributed by atoms with van der Waals surface area (Å²) >= 11 is 0. The quantitative estimate of drug-likeness (QED) is 0.509. The third-order valence-electron chi connectivity index (χ3n) is 6.15. The van der Waals surface area contributed by atoms with E-state index in [1.807, 2.05) is 0 Å². The van der Waals surface area contributed by atoms with E-state index in [0.717, 1.165) is 25.3 Å². The van der Waals surface area contributed by atoms with Crippen molar-refractivity contribution in [1.29, 1.82) is 0 Å². The lowest BCUT2D eigenvalue weighted by atomic mass is 9.99. The van der Waals surface area contributed by atoms with Crippen LogP contribution in [-0.4, -0.2) is 52.5 Å². The van der Waals surface area contributed by atoms with Crippen LogP contribution in [-0.2, 0) is 10.0 Å². The second kappa shape index (κ2) is 11.5. The van der Waals surface area contributed by atoms with Gasteiger partial charge in [0, 0.05) is 17.8 Å². The fourth-order valence-corrected chi connectivity index (χ4v) is 5.28. The molecule has 1 amide bonds. The van der Waals surface area contributed by atoms with Crippen LogP contribution in [0.2, 0.25) is 0 Å². The number of ether oxygens (including phenoxy) is 1. The van der Waals surface area contributed by atoms with Crippen molar-refractivity contribution in [1.82, 2.24) is 10.2 Å². The zero-order valence-corrected chi connectivity index (χ0v) is 20.6. The third-order valence-corrected chi connectivity index (χ3v) is 7.67. The molecule has 0 aliphatic carbocycles. The minimum atomic E-state index is -3.84. The summed E-state index contributed by atoms with van der Waals surface area (Å²) in [4.78, 5) is 15.2. The molecule has 1 heterocycles. The van der Waals surface area contributed by atoms with Crippen LogP contribution in [0.1, 0.15) is 48.5 Å². The Balaban J connectivity index is 1.54. The Bertz CT molecular complexity index is 1030. The van der Waals surface area contributed by atoms with Crippen molar-refractivity contribution in [2.24, 2.45) is 5.92 Å². The first-order valence-electron chi connectivity index (χ1n) is 11.6. The smallest absolute Gasteiger partial charge is 0.262 e. The summed E-state index contributed by atoms with van der Waals surface area (Å²) in [5.74, 6) is 1.20. The van der Waals surface area contributed by atoms with E-state index in [4.69, 9.17) is 4.74 Å². The van der Waals surface area contributed by atoms with E-state index in [2.05, 4.69) is 21.9 Å². The first-order chi connectivity index (χ1) is 15.8. The van der Waals surface area contributed by atoms with Gasteiger partial charge in [-0.05, 0) is 100 Å². The summed E-state index contributed by atoms with van der Waals surface area (Å²) in [6.45, 7) is 7.99. The van der Waals surface area contributed by atoms with E-state index < -0.39 is 10.0 Å². The number of nitrogens with one attached hydrogen (secondary N) is 2. The average molecular weight is 474 g/mol. The molecule has 2 N–H and O–H groups in total. The number of sulfonamides is 1. The number of methoxy groups -OCH3 is 1. The predicted octanol–water partition coefficient (Wildman–Crippen LogP) is 4.05. The summed E-state index contributed by atoms with van der Waals surface area (Å²) in [6, 6.07) is 11.4. The van der Waals surface area contributed by atoms with Gasteiger partial charge in [0.05, 0.1) is 12.0 Å². The van der Waals surface area contributed by atoms with Gasteiger partial charge in [0.1, 0.15) is 5.75 Å².